The van der Waals surface area contributed by atoms with Gasteiger partial charge in [-0.15, -0.1) is 13.2 Å². The van der Waals surface area contributed by atoms with E-state index in [2.05, 4.69) is 4.74 Å². The molecule has 9 heteroatoms. The Kier molecular flexibility index (Phi) is 4.42. The van der Waals surface area contributed by atoms with E-state index in [1.54, 1.807) is 27.7 Å². The lowest BCUT2D eigenvalue weighted by Crippen LogP contribution is -2.41. The zero-order valence-electron chi connectivity index (χ0n) is 13.2. The van der Waals surface area contributed by atoms with Crippen molar-refractivity contribution in [3.63, 3.8) is 0 Å². The Balaban J connectivity index is 2.26. The van der Waals surface area contributed by atoms with Crippen LogP contribution in [-0.2, 0) is 9.31 Å². The molecule has 0 amide bonds. The fourth-order valence-electron chi connectivity index (χ4n) is 2.16. The van der Waals surface area contributed by atoms with Gasteiger partial charge < -0.3 is 19.8 Å². The van der Waals surface area contributed by atoms with Gasteiger partial charge in [0.2, 0.25) is 0 Å². The van der Waals surface area contributed by atoms with Gasteiger partial charge in [0.1, 0.15) is 11.6 Å². The second kappa shape index (κ2) is 5.64. The maximum Gasteiger partial charge on any atom is 0.573 e. The van der Waals surface area contributed by atoms with Crippen molar-refractivity contribution in [1.29, 1.82) is 0 Å². The summed E-state index contributed by atoms with van der Waals surface area (Å²) in [5, 5.41) is 0. The summed E-state index contributed by atoms with van der Waals surface area (Å²) in [6, 6.07) is 2.64. The third-order valence-corrected chi connectivity index (χ3v) is 4.12. The average molecular weight is 335 g/mol. The van der Waals surface area contributed by atoms with Gasteiger partial charge in [0.25, 0.3) is 0 Å². The van der Waals surface area contributed by atoms with Crippen molar-refractivity contribution in [3.8, 4) is 5.75 Å². The summed E-state index contributed by atoms with van der Waals surface area (Å²) in [4.78, 5) is 0. The van der Waals surface area contributed by atoms with E-state index in [4.69, 9.17) is 15.0 Å². The maximum atomic E-state index is 14.0. The molecule has 4 nitrogen and oxygen atoms in total. The lowest BCUT2D eigenvalue weighted by Gasteiger charge is -2.32. The quantitative estimate of drug-likeness (QED) is 0.680. The Morgan fingerprint density at radius 3 is 2.13 bits per heavy atom. The van der Waals surface area contributed by atoms with Crippen molar-refractivity contribution in [1.82, 2.24) is 0 Å². The number of hydrogen-bond donors (Lipinski definition) is 1. The summed E-state index contributed by atoms with van der Waals surface area (Å²) in [7, 11) is -0.990. The monoisotopic (exact) mass is 335 g/mol. The molecule has 1 heterocycles. The Hall–Kier alpha value is -1.32. The molecule has 0 aliphatic carbocycles. The second-order valence-electron chi connectivity index (χ2n) is 6.38. The van der Waals surface area contributed by atoms with Gasteiger partial charge >= 0.3 is 13.5 Å². The van der Waals surface area contributed by atoms with Crippen LogP contribution in [0, 0.1) is 5.82 Å². The molecule has 0 radical (unpaired) electrons. The Labute approximate surface area is 132 Å². The molecular weight excluding hydrogens is 317 g/mol. The Morgan fingerprint density at radius 1 is 1.13 bits per heavy atom. The van der Waals surface area contributed by atoms with Gasteiger partial charge in [-0.3, -0.25) is 0 Å². The third kappa shape index (κ3) is 3.78. The fourth-order valence-corrected chi connectivity index (χ4v) is 2.16. The van der Waals surface area contributed by atoms with Gasteiger partial charge in [0.05, 0.1) is 17.1 Å². The number of hydrogen-bond acceptors (Lipinski definition) is 4. The Bertz CT molecular complexity index is 576. The summed E-state index contributed by atoms with van der Waals surface area (Å²) >= 11 is 0. The van der Waals surface area contributed by atoms with Gasteiger partial charge in [-0.2, -0.15) is 0 Å². The van der Waals surface area contributed by atoms with Crippen molar-refractivity contribution in [2.75, 3.05) is 0 Å². The van der Waals surface area contributed by atoms with E-state index in [1.807, 2.05) is 0 Å². The summed E-state index contributed by atoms with van der Waals surface area (Å²) in [6.45, 7) is 7.16. The molecule has 1 fully saturated rings. The van der Waals surface area contributed by atoms with Crippen LogP contribution in [0.3, 0.4) is 0 Å². The van der Waals surface area contributed by atoms with Crippen LogP contribution in [0.4, 0.5) is 17.6 Å². The molecule has 1 aliphatic rings. The van der Waals surface area contributed by atoms with Crippen molar-refractivity contribution in [3.05, 3.63) is 29.6 Å². The van der Waals surface area contributed by atoms with Crippen LogP contribution in [0.25, 0.3) is 0 Å². The molecule has 0 bridgehead atoms. The van der Waals surface area contributed by atoms with Crippen LogP contribution >= 0.6 is 0 Å². The number of benzene rings is 1. The number of rotatable bonds is 3. The lowest BCUT2D eigenvalue weighted by molar-refractivity contribution is -0.274. The van der Waals surface area contributed by atoms with E-state index in [1.165, 1.54) is 0 Å². The van der Waals surface area contributed by atoms with Gasteiger partial charge in [0.15, 0.2) is 0 Å². The van der Waals surface area contributed by atoms with E-state index < -0.39 is 42.2 Å². The van der Waals surface area contributed by atoms with Gasteiger partial charge in [-0.05, 0) is 45.9 Å². The summed E-state index contributed by atoms with van der Waals surface area (Å²) < 4.78 is 66.0. The number of halogens is 4. The molecule has 128 valence electrons. The zero-order chi connectivity index (χ0) is 17.6. The minimum Gasteiger partial charge on any atom is -0.406 e. The Morgan fingerprint density at radius 2 is 1.65 bits per heavy atom. The first kappa shape index (κ1) is 18.0. The van der Waals surface area contributed by atoms with Gasteiger partial charge in [-0.1, -0.05) is 0 Å². The lowest BCUT2D eigenvalue weighted by atomic mass is 9.74. The molecule has 1 aromatic carbocycles. The van der Waals surface area contributed by atoms with E-state index >= 15 is 0 Å². The molecule has 23 heavy (non-hydrogen) atoms. The van der Waals surface area contributed by atoms with E-state index in [9.17, 15) is 17.6 Å². The van der Waals surface area contributed by atoms with Gasteiger partial charge in [-0.25, -0.2) is 4.39 Å². The van der Waals surface area contributed by atoms with Crippen LogP contribution in [0.5, 0.6) is 5.75 Å². The molecule has 1 atom stereocenters. The highest BCUT2D eigenvalue weighted by molar-refractivity contribution is 6.47. The first-order chi connectivity index (χ1) is 10.3. The van der Waals surface area contributed by atoms with Crippen molar-refractivity contribution >= 4 is 7.12 Å². The van der Waals surface area contributed by atoms with Crippen LogP contribution in [0.15, 0.2) is 18.2 Å². The minimum atomic E-state index is -4.87. The highest BCUT2D eigenvalue weighted by atomic mass is 19.4. The van der Waals surface area contributed by atoms with Crippen molar-refractivity contribution < 1.29 is 31.6 Å². The van der Waals surface area contributed by atoms with Crippen LogP contribution in [0.1, 0.15) is 39.2 Å². The number of alkyl halides is 3. The molecule has 1 saturated heterocycles. The first-order valence-corrected chi connectivity index (χ1v) is 6.99. The van der Waals surface area contributed by atoms with E-state index in [-0.39, 0.29) is 5.56 Å². The predicted octanol–water partition coefficient (Wildman–Crippen LogP) is 3.36. The largest absolute Gasteiger partial charge is 0.573 e. The summed E-state index contributed by atoms with van der Waals surface area (Å²) in [5.41, 5.74) is 4.40. The number of ether oxygens (including phenoxy) is 1. The second-order valence-corrected chi connectivity index (χ2v) is 6.38. The maximum absolute atomic E-state index is 14.0. The smallest absolute Gasteiger partial charge is 0.406 e. The molecule has 2 N–H and O–H groups in total. The molecule has 1 aromatic rings. The van der Waals surface area contributed by atoms with Crippen LogP contribution in [-0.4, -0.2) is 24.7 Å². The molecule has 1 aliphatic heterocycles. The fraction of sp³-hybridized carbons (Fsp3) is 0.571. The third-order valence-electron chi connectivity index (χ3n) is 4.12. The van der Waals surface area contributed by atoms with Crippen LogP contribution < -0.4 is 10.5 Å². The van der Waals surface area contributed by atoms with Crippen molar-refractivity contribution in [2.45, 2.75) is 51.2 Å². The first-order valence-electron chi connectivity index (χ1n) is 6.99. The highest BCUT2D eigenvalue weighted by Gasteiger charge is 2.53. The molecular formula is C14H18BF4NO3. The SMILES string of the molecule is CC1(C)OB([C@@H](N)c2cc(OC(F)(F)F)ccc2F)OC1(C)C. The molecule has 0 saturated carbocycles. The predicted molar refractivity (Wildman–Crippen MR) is 76.1 cm³/mol. The zero-order valence-corrected chi connectivity index (χ0v) is 13.2. The summed E-state index contributed by atoms with van der Waals surface area (Å²) in [6.07, 6.45) is -4.87. The molecule has 0 unspecified atom stereocenters. The number of nitrogens with two attached hydrogens (primary N) is 1. The van der Waals surface area contributed by atoms with E-state index in [0.29, 0.717) is 0 Å². The minimum absolute atomic E-state index is 0.176. The topological polar surface area (TPSA) is 53.7 Å². The van der Waals surface area contributed by atoms with Crippen LogP contribution in [0.2, 0.25) is 0 Å². The normalized spacial score (nSPS) is 21.3. The average Bonchev–Trinajstić information content (AvgIpc) is 2.58. The van der Waals surface area contributed by atoms with E-state index in [0.717, 1.165) is 18.2 Å². The highest BCUT2D eigenvalue weighted by Crippen LogP contribution is 2.40. The molecule has 0 aromatic heterocycles. The standard InChI is InChI=1S/C14H18BF4NO3/c1-12(2)13(3,4)23-15(22-12)11(20)9-7-8(5-6-10(9)16)21-14(17,18)19/h5-7,11H,20H2,1-4H3/t11-/m0/s1. The molecule has 2 rings (SSSR count). The molecule has 0 spiro atoms. The summed E-state index contributed by atoms with van der Waals surface area (Å²) in [5.74, 6) is -2.42. The van der Waals surface area contributed by atoms with Crippen molar-refractivity contribution in [2.24, 2.45) is 5.73 Å². The van der Waals surface area contributed by atoms with Gasteiger partial charge in [0, 0.05) is 5.56 Å².